The van der Waals surface area contributed by atoms with E-state index in [2.05, 4.69) is 10.4 Å². The summed E-state index contributed by atoms with van der Waals surface area (Å²) in [5.41, 5.74) is 0.643. The van der Waals surface area contributed by atoms with E-state index in [4.69, 9.17) is 4.74 Å². The molecule has 1 aromatic carbocycles. The van der Waals surface area contributed by atoms with E-state index >= 15 is 0 Å². The third-order valence-corrected chi connectivity index (χ3v) is 3.12. The second kappa shape index (κ2) is 5.28. The van der Waals surface area contributed by atoms with E-state index in [1.165, 1.54) is 10.9 Å². The molecule has 1 aliphatic heterocycles. The van der Waals surface area contributed by atoms with Gasteiger partial charge in [0.15, 0.2) is 11.4 Å². The smallest absolute Gasteiger partial charge is 0.308 e. The minimum Gasteiger partial charge on any atom is -0.504 e. The van der Waals surface area contributed by atoms with Crippen LogP contribution in [-0.4, -0.2) is 39.4 Å². The van der Waals surface area contributed by atoms with E-state index in [1.807, 2.05) is 18.2 Å². The van der Waals surface area contributed by atoms with Crippen molar-refractivity contribution < 1.29 is 19.4 Å². The summed E-state index contributed by atoms with van der Waals surface area (Å²) in [6.07, 6.45) is 1.49. The average molecular weight is 287 g/mol. The Labute approximate surface area is 120 Å². The number of aromatic nitrogens is 2. The fraction of sp³-hybridized carbons (Fsp3) is 0.214. The van der Waals surface area contributed by atoms with E-state index in [1.54, 1.807) is 12.1 Å². The highest BCUT2D eigenvalue weighted by atomic mass is 16.5. The van der Waals surface area contributed by atoms with Crippen molar-refractivity contribution in [1.29, 1.82) is 0 Å². The monoisotopic (exact) mass is 287 g/mol. The van der Waals surface area contributed by atoms with Gasteiger partial charge in [0, 0.05) is 0 Å². The second-order valence-corrected chi connectivity index (χ2v) is 4.70. The minimum absolute atomic E-state index is 0.0850. The predicted molar refractivity (Wildman–Crippen MR) is 72.1 cm³/mol. The molecular weight excluding hydrogens is 274 g/mol. The van der Waals surface area contributed by atoms with Crippen molar-refractivity contribution in [3.05, 3.63) is 42.2 Å². The Hall–Kier alpha value is -2.83. The van der Waals surface area contributed by atoms with Gasteiger partial charge in [-0.05, 0) is 12.1 Å². The number of aromatic hydroxyl groups is 1. The molecule has 0 spiro atoms. The summed E-state index contributed by atoms with van der Waals surface area (Å²) in [6.45, 7) is 0.144. The number of rotatable bonds is 3. The Balaban J connectivity index is 1.78. The van der Waals surface area contributed by atoms with Crippen molar-refractivity contribution >= 4 is 11.9 Å². The quantitative estimate of drug-likeness (QED) is 0.807. The van der Waals surface area contributed by atoms with Crippen LogP contribution in [0.25, 0.3) is 5.69 Å². The molecule has 0 saturated carbocycles. The number of nitrogens with zero attached hydrogens (tertiary/aromatic N) is 2. The van der Waals surface area contributed by atoms with Gasteiger partial charge < -0.3 is 15.2 Å². The molecule has 7 nitrogen and oxygen atoms in total. The molecule has 108 valence electrons. The van der Waals surface area contributed by atoms with Crippen molar-refractivity contribution in [2.75, 3.05) is 6.61 Å². The van der Waals surface area contributed by atoms with Crippen LogP contribution in [0.2, 0.25) is 0 Å². The molecule has 7 heteroatoms. The highest BCUT2D eigenvalue weighted by molar-refractivity contribution is 5.95. The molecule has 1 fully saturated rings. The van der Waals surface area contributed by atoms with Crippen LogP contribution >= 0.6 is 0 Å². The van der Waals surface area contributed by atoms with Crippen LogP contribution in [0.1, 0.15) is 16.9 Å². The van der Waals surface area contributed by atoms with Gasteiger partial charge in [0.05, 0.1) is 24.3 Å². The lowest BCUT2D eigenvalue weighted by Gasteiger charge is -2.07. The first kappa shape index (κ1) is 13.2. The maximum absolute atomic E-state index is 12.1. The SMILES string of the molecule is O=C1C[C@H](NC(=O)c2nn(-c3ccccc3)cc2O)CO1. The summed E-state index contributed by atoms with van der Waals surface area (Å²) in [5.74, 6) is -1.11. The zero-order valence-corrected chi connectivity index (χ0v) is 11.0. The van der Waals surface area contributed by atoms with Crippen LogP contribution in [0.3, 0.4) is 0 Å². The summed E-state index contributed by atoms with van der Waals surface area (Å²) in [4.78, 5) is 23.0. The molecule has 0 radical (unpaired) electrons. The molecule has 2 N–H and O–H groups in total. The zero-order chi connectivity index (χ0) is 14.8. The van der Waals surface area contributed by atoms with E-state index < -0.39 is 5.91 Å². The maximum Gasteiger partial charge on any atom is 0.308 e. The largest absolute Gasteiger partial charge is 0.504 e. The third kappa shape index (κ3) is 2.71. The Morgan fingerprint density at radius 2 is 2.14 bits per heavy atom. The average Bonchev–Trinajstić information content (AvgIpc) is 3.06. The molecule has 21 heavy (non-hydrogen) atoms. The van der Waals surface area contributed by atoms with Gasteiger partial charge in [-0.2, -0.15) is 5.10 Å². The molecule has 2 heterocycles. The number of cyclic esters (lactones) is 1. The van der Waals surface area contributed by atoms with Gasteiger partial charge in [-0.15, -0.1) is 0 Å². The van der Waals surface area contributed by atoms with Gasteiger partial charge in [0.25, 0.3) is 5.91 Å². The first-order valence-electron chi connectivity index (χ1n) is 6.44. The Bertz CT molecular complexity index is 681. The van der Waals surface area contributed by atoms with Gasteiger partial charge in [0.2, 0.25) is 0 Å². The van der Waals surface area contributed by atoms with E-state index in [-0.39, 0.29) is 36.5 Å². The lowest BCUT2D eigenvalue weighted by atomic mass is 10.2. The van der Waals surface area contributed by atoms with Crippen LogP contribution in [0.5, 0.6) is 5.75 Å². The van der Waals surface area contributed by atoms with Gasteiger partial charge >= 0.3 is 5.97 Å². The van der Waals surface area contributed by atoms with E-state index in [0.717, 1.165) is 5.69 Å². The molecule has 1 aromatic heterocycles. The number of hydrogen-bond acceptors (Lipinski definition) is 5. The number of nitrogens with one attached hydrogen (secondary N) is 1. The lowest BCUT2D eigenvalue weighted by Crippen LogP contribution is -2.35. The number of esters is 1. The summed E-state index contributed by atoms with van der Waals surface area (Å²) < 4.78 is 6.18. The number of hydrogen-bond donors (Lipinski definition) is 2. The summed E-state index contributed by atoms with van der Waals surface area (Å²) in [7, 11) is 0. The van der Waals surface area contributed by atoms with Crippen molar-refractivity contribution in [2.45, 2.75) is 12.5 Å². The summed E-state index contributed by atoms with van der Waals surface area (Å²) >= 11 is 0. The maximum atomic E-state index is 12.1. The number of carbonyl (C=O) groups excluding carboxylic acids is 2. The second-order valence-electron chi connectivity index (χ2n) is 4.70. The molecule has 3 rings (SSSR count). The lowest BCUT2D eigenvalue weighted by molar-refractivity contribution is -0.137. The van der Waals surface area contributed by atoms with Crippen LogP contribution < -0.4 is 5.32 Å². The summed E-state index contributed by atoms with van der Waals surface area (Å²) in [5, 5.41) is 16.5. The molecule has 0 bridgehead atoms. The number of benzene rings is 1. The van der Waals surface area contributed by atoms with Crippen LogP contribution in [0.15, 0.2) is 36.5 Å². The molecule has 1 amide bonds. The fourth-order valence-electron chi connectivity index (χ4n) is 2.10. The Kier molecular flexibility index (Phi) is 3.31. The third-order valence-electron chi connectivity index (χ3n) is 3.12. The molecule has 1 atom stereocenters. The van der Waals surface area contributed by atoms with Crippen LogP contribution in [0, 0.1) is 0 Å². The zero-order valence-electron chi connectivity index (χ0n) is 11.0. The normalized spacial score (nSPS) is 17.5. The topological polar surface area (TPSA) is 93.5 Å². The minimum atomic E-state index is -0.537. The summed E-state index contributed by atoms with van der Waals surface area (Å²) in [6, 6.07) is 8.74. The molecule has 1 aliphatic rings. The van der Waals surface area contributed by atoms with Crippen LogP contribution in [0.4, 0.5) is 0 Å². The number of ether oxygens (including phenoxy) is 1. The van der Waals surface area contributed by atoms with Gasteiger partial charge in [-0.25, -0.2) is 4.68 Å². The van der Waals surface area contributed by atoms with Gasteiger partial charge in [0.1, 0.15) is 6.61 Å². The molecule has 2 aromatic rings. The molecule has 1 saturated heterocycles. The van der Waals surface area contributed by atoms with Crippen molar-refractivity contribution in [3.8, 4) is 11.4 Å². The van der Waals surface area contributed by atoms with Gasteiger partial charge in [-0.3, -0.25) is 9.59 Å². The van der Waals surface area contributed by atoms with E-state index in [9.17, 15) is 14.7 Å². The van der Waals surface area contributed by atoms with E-state index in [0.29, 0.717) is 0 Å². The molecular formula is C14H13N3O4. The van der Waals surface area contributed by atoms with Gasteiger partial charge in [-0.1, -0.05) is 18.2 Å². The Morgan fingerprint density at radius 3 is 2.81 bits per heavy atom. The van der Waals surface area contributed by atoms with Crippen LogP contribution in [-0.2, 0) is 9.53 Å². The number of para-hydroxylation sites is 1. The highest BCUT2D eigenvalue weighted by Gasteiger charge is 2.27. The first-order chi connectivity index (χ1) is 10.1. The number of amides is 1. The highest BCUT2D eigenvalue weighted by Crippen LogP contribution is 2.18. The Morgan fingerprint density at radius 1 is 1.38 bits per heavy atom. The standard InChI is InChI=1S/C14H13N3O4/c18-11-7-17(10-4-2-1-3-5-10)16-13(11)14(20)15-9-6-12(19)21-8-9/h1-5,7,9,18H,6,8H2,(H,15,20)/t9-/m0/s1. The van der Waals surface area contributed by atoms with Crippen molar-refractivity contribution in [2.24, 2.45) is 0 Å². The van der Waals surface area contributed by atoms with Crippen molar-refractivity contribution in [1.82, 2.24) is 15.1 Å². The molecule has 0 unspecified atom stereocenters. The molecule has 0 aliphatic carbocycles. The first-order valence-corrected chi connectivity index (χ1v) is 6.44. The fourth-order valence-corrected chi connectivity index (χ4v) is 2.10. The number of carbonyl (C=O) groups is 2. The van der Waals surface area contributed by atoms with Crippen molar-refractivity contribution in [3.63, 3.8) is 0 Å². The predicted octanol–water partition coefficient (Wildman–Crippen LogP) is 0.623.